The predicted octanol–water partition coefficient (Wildman–Crippen LogP) is 1.00. The minimum absolute atomic E-state index is 0.0354. The van der Waals surface area contributed by atoms with Crippen molar-refractivity contribution in [2.24, 2.45) is 0 Å². The van der Waals surface area contributed by atoms with Crippen molar-refractivity contribution < 1.29 is 24.3 Å². The number of hydrogen-bond acceptors (Lipinski definition) is 4. The van der Waals surface area contributed by atoms with Crippen molar-refractivity contribution >= 4 is 35.3 Å². The maximum atomic E-state index is 12.0. The molecule has 1 aromatic rings. The van der Waals surface area contributed by atoms with E-state index in [-0.39, 0.29) is 37.6 Å². The molecule has 0 spiro atoms. The molecule has 0 aliphatic heterocycles. The highest BCUT2D eigenvalue weighted by molar-refractivity contribution is 6.30. The minimum Gasteiger partial charge on any atom is -0.481 e. The first-order valence-corrected chi connectivity index (χ1v) is 8.43. The van der Waals surface area contributed by atoms with Gasteiger partial charge in [0.25, 0.3) is 0 Å². The van der Waals surface area contributed by atoms with Crippen molar-refractivity contribution in [3.63, 3.8) is 0 Å². The fourth-order valence-electron chi connectivity index (χ4n) is 2.14. The van der Waals surface area contributed by atoms with E-state index in [0.717, 1.165) is 0 Å². The minimum atomic E-state index is -1.05. The quantitative estimate of drug-likeness (QED) is 0.449. The molecule has 0 aliphatic rings. The Morgan fingerprint density at radius 2 is 1.58 bits per heavy atom. The highest BCUT2D eigenvalue weighted by atomic mass is 35.5. The number of aliphatic carboxylic acids is 1. The molecule has 4 N–H and O–H groups in total. The van der Waals surface area contributed by atoms with E-state index in [1.54, 1.807) is 24.3 Å². The summed E-state index contributed by atoms with van der Waals surface area (Å²) in [5, 5.41) is 17.3. The smallest absolute Gasteiger partial charge is 0.305 e. The Morgan fingerprint density at radius 3 is 2.15 bits per heavy atom. The molecule has 26 heavy (non-hydrogen) atoms. The van der Waals surface area contributed by atoms with Crippen molar-refractivity contribution in [2.75, 3.05) is 13.1 Å². The average molecular weight is 384 g/mol. The number of carboxylic acids is 1. The molecule has 0 aliphatic carbocycles. The number of amides is 3. The number of nitrogens with one attached hydrogen (secondary N) is 3. The molecule has 0 saturated heterocycles. The van der Waals surface area contributed by atoms with E-state index in [9.17, 15) is 19.2 Å². The lowest BCUT2D eigenvalue weighted by Crippen LogP contribution is -2.35. The summed E-state index contributed by atoms with van der Waals surface area (Å²) in [4.78, 5) is 45.4. The first kappa shape index (κ1) is 21.4. The molecule has 0 fully saturated rings. The van der Waals surface area contributed by atoms with Crippen LogP contribution in [0.4, 0.5) is 0 Å². The summed E-state index contributed by atoms with van der Waals surface area (Å²) in [6.07, 6.45) is -0.391. The summed E-state index contributed by atoms with van der Waals surface area (Å²) in [5.41, 5.74) is 0.616. The van der Waals surface area contributed by atoms with E-state index in [1.165, 1.54) is 6.92 Å². The van der Waals surface area contributed by atoms with Crippen LogP contribution < -0.4 is 16.0 Å². The van der Waals surface area contributed by atoms with Gasteiger partial charge in [-0.1, -0.05) is 23.7 Å². The zero-order chi connectivity index (χ0) is 19.5. The number of benzene rings is 1. The molecule has 0 heterocycles. The highest BCUT2D eigenvalue weighted by Crippen LogP contribution is 2.19. The molecular weight excluding hydrogens is 362 g/mol. The van der Waals surface area contributed by atoms with Gasteiger partial charge in [0, 0.05) is 37.9 Å². The first-order valence-electron chi connectivity index (χ1n) is 8.05. The van der Waals surface area contributed by atoms with Crippen molar-refractivity contribution in [3.8, 4) is 0 Å². The molecule has 1 atom stereocenters. The number of halogens is 1. The maximum Gasteiger partial charge on any atom is 0.305 e. The number of hydrogen-bond donors (Lipinski definition) is 4. The van der Waals surface area contributed by atoms with Crippen molar-refractivity contribution in [1.82, 2.24) is 16.0 Å². The Labute approximate surface area is 156 Å². The molecule has 142 valence electrons. The van der Waals surface area contributed by atoms with Crippen LogP contribution in [0.3, 0.4) is 0 Å². The van der Waals surface area contributed by atoms with Gasteiger partial charge in [0.1, 0.15) is 0 Å². The van der Waals surface area contributed by atoms with Crippen LogP contribution in [0.1, 0.15) is 37.8 Å². The third kappa shape index (κ3) is 9.03. The van der Waals surface area contributed by atoms with E-state index >= 15 is 0 Å². The lowest BCUT2D eigenvalue weighted by Gasteiger charge is -2.17. The lowest BCUT2D eigenvalue weighted by molar-refractivity contribution is -0.138. The summed E-state index contributed by atoms with van der Waals surface area (Å²) < 4.78 is 0. The fraction of sp³-hybridized carbons (Fsp3) is 0.412. The van der Waals surface area contributed by atoms with E-state index in [0.29, 0.717) is 17.1 Å². The molecule has 8 nitrogen and oxygen atoms in total. The lowest BCUT2D eigenvalue weighted by atomic mass is 10.0. The van der Waals surface area contributed by atoms with Gasteiger partial charge in [-0.05, 0) is 17.7 Å². The number of carbonyl (C=O) groups excluding carboxylic acids is 3. The van der Waals surface area contributed by atoms with Gasteiger partial charge in [-0.3, -0.25) is 19.2 Å². The standard InChI is InChI=1S/C17H22ClN3O5/c1-11(22)19-8-9-20-15(23)6-7-16(24)21-14(10-17(25)26)12-2-4-13(18)5-3-12/h2-5,14H,6-10H2,1H3,(H,19,22)(H,20,23)(H,21,24)(H,25,26)/t14-/m0/s1. The van der Waals surface area contributed by atoms with E-state index in [1.807, 2.05) is 0 Å². The van der Waals surface area contributed by atoms with Crippen molar-refractivity contribution in [3.05, 3.63) is 34.9 Å². The topological polar surface area (TPSA) is 125 Å². The number of carboxylic acid groups (broad SMARTS) is 1. The fourth-order valence-corrected chi connectivity index (χ4v) is 2.27. The summed E-state index contributed by atoms with van der Waals surface area (Å²) in [6.45, 7) is 1.96. The SMILES string of the molecule is CC(=O)NCCNC(=O)CCC(=O)N[C@@H](CC(=O)O)c1ccc(Cl)cc1. The zero-order valence-electron chi connectivity index (χ0n) is 14.4. The van der Waals surface area contributed by atoms with Gasteiger partial charge in [0.2, 0.25) is 17.7 Å². The van der Waals surface area contributed by atoms with Crippen molar-refractivity contribution in [2.45, 2.75) is 32.2 Å². The highest BCUT2D eigenvalue weighted by Gasteiger charge is 2.18. The Kier molecular flexibility index (Phi) is 9.14. The maximum absolute atomic E-state index is 12.0. The van der Waals surface area contributed by atoms with Gasteiger partial charge >= 0.3 is 5.97 Å². The summed E-state index contributed by atoms with van der Waals surface area (Å²) >= 11 is 5.81. The molecule has 0 bridgehead atoms. The molecule has 1 aromatic carbocycles. The molecule has 1 rings (SSSR count). The third-order valence-corrected chi connectivity index (χ3v) is 3.64. The van der Waals surface area contributed by atoms with Crippen LogP contribution in [0.5, 0.6) is 0 Å². The molecule has 9 heteroatoms. The average Bonchev–Trinajstić information content (AvgIpc) is 2.56. The Bertz CT molecular complexity index is 648. The van der Waals surface area contributed by atoms with Crippen LogP contribution >= 0.6 is 11.6 Å². The molecule has 0 saturated carbocycles. The van der Waals surface area contributed by atoms with Gasteiger partial charge in [-0.15, -0.1) is 0 Å². The van der Waals surface area contributed by atoms with Crippen LogP contribution in [0.15, 0.2) is 24.3 Å². The van der Waals surface area contributed by atoms with Gasteiger partial charge < -0.3 is 21.1 Å². The van der Waals surface area contributed by atoms with Crippen molar-refractivity contribution in [1.29, 1.82) is 0 Å². The summed E-state index contributed by atoms with van der Waals surface area (Å²) in [6, 6.07) is 5.80. The normalized spacial score (nSPS) is 11.3. The van der Waals surface area contributed by atoms with E-state index < -0.39 is 17.9 Å². The molecule has 0 radical (unpaired) electrons. The molecule has 0 aromatic heterocycles. The van der Waals surface area contributed by atoms with E-state index in [2.05, 4.69) is 16.0 Å². The van der Waals surface area contributed by atoms with Gasteiger partial charge in [-0.25, -0.2) is 0 Å². The summed E-state index contributed by atoms with van der Waals surface area (Å²) in [5.74, 6) is -2.00. The molecule has 3 amide bonds. The van der Waals surface area contributed by atoms with Gasteiger partial charge in [0.15, 0.2) is 0 Å². The largest absolute Gasteiger partial charge is 0.481 e. The predicted molar refractivity (Wildman–Crippen MR) is 95.5 cm³/mol. The second-order valence-corrected chi connectivity index (χ2v) is 6.04. The second kappa shape index (κ2) is 11.1. The Morgan fingerprint density at radius 1 is 1.00 bits per heavy atom. The molecular formula is C17H22ClN3O5. The zero-order valence-corrected chi connectivity index (χ0v) is 15.1. The third-order valence-electron chi connectivity index (χ3n) is 3.39. The summed E-state index contributed by atoms with van der Waals surface area (Å²) in [7, 11) is 0. The van der Waals surface area contributed by atoms with E-state index in [4.69, 9.17) is 16.7 Å². The Balaban J connectivity index is 2.46. The number of carbonyl (C=O) groups is 4. The van der Waals surface area contributed by atoms with Crippen LogP contribution in [0, 0.1) is 0 Å². The first-order chi connectivity index (χ1) is 12.3. The Hall–Kier alpha value is -2.61. The van der Waals surface area contributed by atoms with Gasteiger partial charge in [0.05, 0.1) is 12.5 Å². The van der Waals surface area contributed by atoms with Crippen LogP contribution in [0.2, 0.25) is 5.02 Å². The molecule has 0 unspecified atom stereocenters. The van der Waals surface area contributed by atoms with Crippen LogP contribution in [-0.4, -0.2) is 41.9 Å². The van der Waals surface area contributed by atoms with Crippen LogP contribution in [-0.2, 0) is 19.2 Å². The number of rotatable bonds is 10. The van der Waals surface area contributed by atoms with Crippen LogP contribution in [0.25, 0.3) is 0 Å². The second-order valence-electron chi connectivity index (χ2n) is 5.60. The monoisotopic (exact) mass is 383 g/mol. The van der Waals surface area contributed by atoms with Gasteiger partial charge in [-0.2, -0.15) is 0 Å².